The number of hydrogen-bond acceptors (Lipinski definition) is 7. The Morgan fingerprint density at radius 1 is 1.31 bits per heavy atom. The SMILES string of the molecule is CC1N=C2NC(CCC=CCCCO)CC3CCC(=C1C(=O)OCCCCN=C(N)N)N23. The molecule has 9 nitrogen and oxygen atoms in total. The Bertz CT molecular complexity index is 772. The fraction of sp³-hybridized carbons (Fsp3) is 0.696. The van der Waals surface area contributed by atoms with Gasteiger partial charge in [0, 0.05) is 30.9 Å². The molecule has 6 N–H and O–H groups in total. The number of aliphatic hydroxyl groups is 1. The Balaban J connectivity index is 1.52. The summed E-state index contributed by atoms with van der Waals surface area (Å²) >= 11 is 0. The molecule has 3 aliphatic heterocycles. The van der Waals surface area contributed by atoms with Gasteiger partial charge in [0.15, 0.2) is 11.9 Å². The standard InChI is InChI=1S/C23H38N6O3/c1-16-20(21(31)32-14-8-6-12-26-22(24)25)19-11-10-18-15-17(28-23(27-16)29(18)19)9-5-3-2-4-7-13-30/h2-3,16-18,30H,4-15H2,1H3,(H,27,28)(H4,24,25,26). The van der Waals surface area contributed by atoms with Crippen molar-refractivity contribution in [3.05, 3.63) is 23.4 Å². The number of nitrogens with two attached hydrogens (primary N) is 2. The minimum atomic E-state index is -0.257. The van der Waals surface area contributed by atoms with E-state index >= 15 is 0 Å². The maximum atomic E-state index is 12.8. The predicted molar refractivity (Wildman–Crippen MR) is 126 cm³/mol. The van der Waals surface area contributed by atoms with Crippen LogP contribution in [0.3, 0.4) is 0 Å². The van der Waals surface area contributed by atoms with Crippen molar-refractivity contribution >= 4 is 17.9 Å². The van der Waals surface area contributed by atoms with Gasteiger partial charge in [0.2, 0.25) is 0 Å². The molecule has 9 heteroatoms. The van der Waals surface area contributed by atoms with E-state index in [-0.39, 0.29) is 24.6 Å². The van der Waals surface area contributed by atoms with Crippen LogP contribution in [0.1, 0.15) is 64.7 Å². The van der Waals surface area contributed by atoms with Crippen LogP contribution in [-0.4, -0.2) is 65.8 Å². The van der Waals surface area contributed by atoms with E-state index in [2.05, 4.69) is 27.4 Å². The smallest absolute Gasteiger partial charge is 0.337 e. The number of guanidine groups is 2. The molecule has 32 heavy (non-hydrogen) atoms. The Hall–Kier alpha value is -2.55. The average molecular weight is 447 g/mol. The fourth-order valence-corrected chi connectivity index (χ4v) is 4.68. The van der Waals surface area contributed by atoms with E-state index in [1.807, 2.05) is 6.92 Å². The second-order valence-corrected chi connectivity index (χ2v) is 8.69. The lowest BCUT2D eigenvalue weighted by Gasteiger charge is -2.42. The van der Waals surface area contributed by atoms with Crippen LogP contribution in [0.5, 0.6) is 0 Å². The summed E-state index contributed by atoms with van der Waals surface area (Å²) in [6.45, 7) is 3.11. The van der Waals surface area contributed by atoms with Crippen molar-refractivity contribution < 1.29 is 14.6 Å². The number of aliphatic hydroxyl groups excluding tert-OH is 1. The van der Waals surface area contributed by atoms with Crippen molar-refractivity contribution in [2.24, 2.45) is 21.5 Å². The average Bonchev–Trinajstić information content (AvgIpc) is 3.17. The third-order valence-corrected chi connectivity index (χ3v) is 6.21. The Labute approximate surface area is 190 Å². The highest BCUT2D eigenvalue weighted by Gasteiger charge is 2.44. The van der Waals surface area contributed by atoms with Crippen LogP contribution in [0.25, 0.3) is 0 Å². The summed E-state index contributed by atoms with van der Waals surface area (Å²) < 4.78 is 5.56. The van der Waals surface area contributed by atoms with Gasteiger partial charge < -0.3 is 31.5 Å². The van der Waals surface area contributed by atoms with E-state index < -0.39 is 0 Å². The number of ether oxygens (including phenoxy) is 1. The summed E-state index contributed by atoms with van der Waals surface area (Å²) in [6, 6.07) is 0.569. The maximum absolute atomic E-state index is 12.8. The molecular formula is C23H38N6O3. The van der Waals surface area contributed by atoms with E-state index in [1.165, 1.54) is 0 Å². The maximum Gasteiger partial charge on any atom is 0.337 e. The first kappa shape index (κ1) is 24.1. The minimum Gasteiger partial charge on any atom is -0.462 e. The van der Waals surface area contributed by atoms with Gasteiger partial charge in [-0.1, -0.05) is 12.2 Å². The third kappa shape index (κ3) is 6.25. The predicted octanol–water partition coefficient (Wildman–Crippen LogP) is 1.53. The molecule has 3 aliphatic rings. The number of nitrogens with zero attached hydrogens (tertiary/aromatic N) is 3. The number of carbonyl (C=O) groups excluding carboxylic acids is 1. The summed E-state index contributed by atoms with van der Waals surface area (Å²) in [4.78, 5) is 23.8. The molecule has 0 aliphatic carbocycles. The highest BCUT2D eigenvalue weighted by Crippen LogP contribution is 2.39. The number of unbranched alkanes of at least 4 members (excludes halogenated alkanes) is 2. The molecule has 3 rings (SSSR count). The summed E-state index contributed by atoms with van der Waals surface area (Å²) in [5.74, 6) is 0.735. The summed E-state index contributed by atoms with van der Waals surface area (Å²) in [7, 11) is 0. The molecule has 178 valence electrons. The van der Waals surface area contributed by atoms with Crippen LogP contribution in [0, 0.1) is 0 Å². The van der Waals surface area contributed by atoms with Crippen LogP contribution >= 0.6 is 0 Å². The first-order valence-corrected chi connectivity index (χ1v) is 11.9. The molecule has 0 aromatic heterocycles. The van der Waals surface area contributed by atoms with Gasteiger partial charge in [0.25, 0.3) is 0 Å². The summed E-state index contributed by atoms with van der Waals surface area (Å²) in [6.07, 6.45) is 12.7. The van der Waals surface area contributed by atoms with Gasteiger partial charge in [-0.05, 0) is 64.7 Å². The lowest BCUT2D eigenvalue weighted by Crippen LogP contribution is -2.56. The Morgan fingerprint density at radius 2 is 2.12 bits per heavy atom. The minimum absolute atomic E-state index is 0.0846. The van der Waals surface area contributed by atoms with Crippen LogP contribution in [0.2, 0.25) is 0 Å². The zero-order valence-electron chi connectivity index (χ0n) is 19.1. The second kappa shape index (κ2) is 11.9. The zero-order valence-corrected chi connectivity index (χ0v) is 19.1. The van der Waals surface area contributed by atoms with E-state index in [1.54, 1.807) is 0 Å². The summed E-state index contributed by atoms with van der Waals surface area (Å²) in [5.41, 5.74) is 12.4. The molecule has 0 aromatic carbocycles. The molecule has 3 atom stereocenters. The van der Waals surface area contributed by atoms with Crippen LogP contribution in [0.4, 0.5) is 0 Å². The fourth-order valence-electron chi connectivity index (χ4n) is 4.68. The van der Waals surface area contributed by atoms with E-state index in [4.69, 9.17) is 26.3 Å². The van der Waals surface area contributed by atoms with Crippen molar-refractivity contribution in [2.75, 3.05) is 19.8 Å². The molecule has 2 saturated heterocycles. The molecule has 0 spiro atoms. The van der Waals surface area contributed by atoms with Gasteiger partial charge >= 0.3 is 5.97 Å². The molecule has 0 saturated carbocycles. The zero-order chi connectivity index (χ0) is 22.9. The molecule has 3 heterocycles. The normalized spacial score (nSPS) is 24.2. The molecule has 0 bridgehead atoms. The van der Waals surface area contributed by atoms with E-state index in [0.29, 0.717) is 30.8 Å². The van der Waals surface area contributed by atoms with Crippen LogP contribution in [0.15, 0.2) is 33.4 Å². The topological polar surface area (TPSA) is 139 Å². The molecule has 0 amide bonds. The number of esters is 1. The van der Waals surface area contributed by atoms with Crippen molar-refractivity contribution in [1.29, 1.82) is 0 Å². The number of aliphatic imine (C=N–C) groups is 2. The van der Waals surface area contributed by atoms with Gasteiger partial charge in [-0.3, -0.25) is 4.99 Å². The Morgan fingerprint density at radius 3 is 2.91 bits per heavy atom. The highest BCUT2D eigenvalue weighted by atomic mass is 16.5. The Kier molecular flexibility index (Phi) is 8.96. The largest absolute Gasteiger partial charge is 0.462 e. The van der Waals surface area contributed by atoms with Crippen molar-refractivity contribution in [3.8, 4) is 0 Å². The molecule has 2 fully saturated rings. The van der Waals surface area contributed by atoms with Gasteiger partial charge in [0.05, 0.1) is 18.2 Å². The van der Waals surface area contributed by atoms with Crippen molar-refractivity contribution in [3.63, 3.8) is 0 Å². The van der Waals surface area contributed by atoms with Gasteiger partial charge in [0.1, 0.15) is 0 Å². The number of hydrogen-bond donors (Lipinski definition) is 4. The number of rotatable bonds is 12. The molecular weight excluding hydrogens is 408 g/mol. The van der Waals surface area contributed by atoms with E-state index in [0.717, 1.165) is 69.4 Å². The van der Waals surface area contributed by atoms with Gasteiger partial charge in [-0.15, -0.1) is 0 Å². The van der Waals surface area contributed by atoms with Crippen molar-refractivity contribution in [2.45, 2.75) is 82.8 Å². The monoisotopic (exact) mass is 446 g/mol. The molecule has 0 aromatic rings. The lowest BCUT2D eigenvalue weighted by atomic mass is 9.98. The first-order valence-electron chi connectivity index (χ1n) is 11.9. The van der Waals surface area contributed by atoms with E-state index in [9.17, 15) is 4.79 Å². The van der Waals surface area contributed by atoms with Crippen LogP contribution < -0.4 is 16.8 Å². The van der Waals surface area contributed by atoms with Gasteiger partial charge in [-0.25, -0.2) is 9.79 Å². The molecule has 0 radical (unpaired) electrons. The first-order chi connectivity index (χ1) is 15.5. The highest BCUT2D eigenvalue weighted by molar-refractivity contribution is 5.95. The van der Waals surface area contributed by atoms with Crippen molar-refractivity contribution in [1.82, 2.24) is 10.2 Å². The summed E-state index contributed by atoms with van der Waals surface area (Å²) in [5, 5.41) is 12.5. The number of allylic oxidation sites excluding steroid dienone is 3. The number of nitrogens with one attached hydrogen (secondary N) is 1. The number of carbonyl (C=O) groups is 1. The lowest BCUT2D eigenvalue weighted by molar-refractivity contribution is -0.139. The third-order valence-electron chi connectivity index (χ3n) is 6.21. The second-order valence-electron chi connectivity index (χ2n) is 8.69. The van der Waals surface area contributed by atoms with Gasteiger partial charge in [-0.2, -0.15) is 0 Å². The quantitative estimate of drug-likeness (QED) is 0.117. The van der Waals surface area contributed by atoms with Crippen LogP contribution in [-0.2, 0) is 9.53 Å². The molecule has 3 unspecified atom stereocenters.